The molecule has 10 heteroatoms. The monoisotopic (exact) mass is 591 g/mol. The van der Waals surface area contributed by atoms with Gasteiger partial charge in [-0.05, 0) is 85.6 Å². The normalized spacial score (nSPS) is 15.8. The maximum atomic E-state index is 14.6. The van der Waals surface area contributed by atoms with Crippen molar-refractivity contribution < 1.29 is 18.0 Å². The van der Waals surface area contributed by atoms with Crippen molar-refractivity contribution in [3.8, 4) is 0 Å². The summed E-state index contributed by atoms with van der Waals surface area (Å²) in [4.78, 5) is 15.3. The second-order valence-electron chi connectivity index (χ2n) is 12.4. The first-order chi connectivity index (χ1) is 19.9. The summed E-state index contributed by atoms with van der Waals surface area (Å²) in [5.41, 5.74) is 3.85. The zero-order valence-corrected chi connectivity index (χ0v) is 25.9. The number of hydrogen-bond donors (Lipinski definition) is 2. The molecule has 1 aliphatic heterocycles. The van der Waals surface area contributed by atoms with Gasteiger partial charge in [0.05, 0.1) is 29.9 Å². The van der Waals surface area contributed by atoms with Crippen molar-refractivity contribution in [1.82, 2.24) is 9.61 Å². The van der Waals surface area contributed by atoms with Gasteiger partial charge >= 0.3 is 0 Å². The van der Waals surface area contributed by atoms with Gasteiger partial charge < -0.3 is 20.0 Å². The molecule has 222 valence electrons. The highest BCUT2D eigenvalue weighted by molar-refractivity contribution is 6.74. The summed E-state index contributed by atoms with van der Waals surface area (Å²) in [6, 6.07) is 14.6. The molecule has 0 radical (unpaired) electrons. The van der Waals surface area contributed by atoms with E-state index in [1.54, 1.807) is 16.9 Å². The van der Waals surface area contributed by atoms with Crippen LogP contribution in [-0.4, -0.2) is 43.5 Å². The second-order valence-corrected chi connectivity index (χ2v) is 17.2. The SMILES string of the molecule is CC(C)(C)[Si](C)(C)OCCNc1ccc(NC(=O)c2cnn3ccc(N4CCC[C@@H]4c4cc(F)ccc4F)cc23)cc1. The Balaban J connectivity index is 1.24. The zero-order chi connectivity index (χ0) is 30.1. The minimum Gasteiger partial charge on any atom is -0.415 e. The molecular formula is C32H39F2N5O2Si. The lowest BCUT2D eigenvalue weighted by Crippen LogP contribution is -2.41. The largest absolute Gasteiger partial charge is 0.415 e. The van der Waals surface area contributed by atoms with Gasteiger partial charge in [-0.3, -0.25) is 4.79 Å². The van der Waals surface area contributed by atoms with E-state index in [0.717, 1.165) is 23.9 Å². The quantitative estimate of drug-likeness (QED) is 0.155. The predicted molar refractivity (Wildman–Crippen MR) is 167 cm³/mol. The molecule has 0 saturated carbocycles. The Morgan fingerprint density at radius 3 is 2.55 bits per heavy atom. The van der Waals surface area contributed by atoms with Crippen molar-refractivity contribution in [2.24, 2.45) is 0 Å². The smallest absolute Gasteiger partial charge is 0.259 e. The van der Waals surface area contributed by atoms with E-state index in [1.807, 2.05) is 36.4 Å². The van der Waals surface area contributed by atoms with Gasteiger partial charge in [0.25, 0.3) is 5.91 Å². The standard InChI is InChI=1S/C32H39F2N5O2Si/c1-32(2,3)42(4,5)41-18-15-35-23-9-11-24(12-10-23)37-31(40)27-21-36-39-17-14-25(20-30(27)39)38-16-6-7-29(38)26-19-22(33)8-13-28(26)34/h8-14,17,19-21,29,35H,6-7,15-16,18H2,1-5H3,(H,37,40)/t29-/m1/s1. The third-order valence-electron chi connectivity index (χ3n) is 8.49. The van der Waals surface area contributed by atoms with Gasteiger partial charge in [-0.15, -0.1) is 0 Å². The number of nitrogens with one attached hydrogen (secondary N) is 2. The lowest BCUT2D eigenvalue weighted by molar-refractivity contribution is 0.102. The molecule has 2 N–H and O–H groups in total. The van der Waals surface area contributed by atoms with Crippen LogP contribution in [0.4, 0.5) is 25.8 Å². The third kappa shape index (κ3) is 6.34. The van der Waals surface area contributed by atoms with E-state index in [-0.39, 0.29) is 17.0 Å². The molecule has 2 aromatic heterocycles. The van der Waals surface area contributed by atoms with Crippen LogP contribution in [0.3, 0.4) is 0 Å². The Morgan fingerprint density at radius 2 is 1.81 bits per heavy atom. The van der Waals surface area contributed by atoms with Gasteiger partial charge in [0, 0.05) is 41.9 Å². The molecule has 4 aromatic rings. The minimum absolute atomic E-state index is 0.175. The van der Waals surface area contributed by atoms with Crippen molar-refractivity contribution >= 4 is 36.8 Å². The number of aromatic nitrogens is 2. The Bertz CT molecular complexity index is 1570. The van der Waals surface area contributed by atoms with Crippen LogP contribution in [0.5, 0.6) is 0 Å². The number of hydrogen-bond acceptors (Lipinski definition) is 5. The fourth-order valence-corrected chi connectivity index (χ4v) is 6.13. The van der Waals surface area contributed by atoms with Crippen LogP contribution >= 0.6 is 0 Å². The number of carbonyl (C=O) groups excluding carboxylic acids is 1. The molecule has 1 amide bonds. The molecule has 1 aliphatic rings. The number of pyridine rings is 1. The van der Waals surface area contributed by atoms with Crippen LogP contribution in [0.15, 0.2) is 67.0 Å². The van der Waals surface area contributed by atoms with Gasteiger partial charge in [-0.25, -0.2) is 13.3 Å². The molecule has 0 unspecified atom stereocenters. The lowest BCUT2D eigenvalue weighted by Gasteiger charge is -2.36. The van der Waals surface area contributed by atoms with E-state index >= 15 is 0 Å². The number of rotatable bonds is 9. The maximum Gasteiger partial charge on any atom is 0.259 e. The summed E-state index contributed by atoms with van der Waals surface area (Å²) in [5, 5.41) is 10.9. The Hall–Kier alpha value is -3.76. The van der Waals surface area contributed by atoms with E-state index in [2.05, 4.69) is 54.5 Å². The number of halogens is 2. The Morgan fingerprint density at radius 1 is 1.07 bits per heavy atom. The van der Waals surface area contributed by atoms with E-state index in [0.29, 0.717) is 48.4 Å². The Kier molecular flexibility index (Phi) is 8.38. The molecule has 2 aromatic carbocycles. The van der Waals surface area contributed by atoms with Crippen LogP contribution in [-0.2, 0) is 4.43 Å². The van der Waals surface area contributed by atoms with Crippen LogP contribution < -0.4 is 15.5 Å². The van der Waals surface area contributed by atoms with Crippen molar-refractivity contribution in [3.05, 3.63) is 89.8 Å². The van der Waals surface area contributed by atoms with E-state index < -0.39 is 20.0 Å². The summed E-state index contributed by atoms with van der Waals surface area (Å²) in [7, 11) is -1.78. The molecule has 0 spiro atoms. The van der Waals surface area contributed by atoms with E-state index in [1.165, 1.54) is 12.1 Å². The van der Waals surface area contributed by atoms with Gasteiger partial charge in [0.15, 0.2) is 8.32 Å². The summed E-state index contributed by atoms with van der Waals surface area (Å²) in [6.07, 6.45) is 4.90. The van der Waals surface area contributed by atoms with Gasteiger partial charge in [0.1, 0.15) is 11.6 Å². The highest BCUT2D eigenvalue weighted by atomic mass is 28.4. The van der Waals surface area contributed by atoms with Gasteiger partial charge in [0.2, 0.25) is 0 Å². The summed E-state index contributed by atoms with van der Waals surface area (Å²) >= 11 is 0. The third-order valence-corrected chi connectivity index (χ3v) is 13.0. The fraction of sp³-hybridized carbons (Fsp3) is 0.375. The summed E-state index contributed by atoms with van der Waals surface area (Å²) in [6.45, 7) is 13.2. The number of fused-ring (bicyclic) bond motifs is 1. The molecule has 3 heterocycles. The van der Waals surface area contributed by atoms with E-state index in [9.17, 15) is 13.6 Å². The molecular weight excluding hydrogens is 552 g/mol. The predicted octanol–water partition coefficient (Wildman–Crippen LogP) is 7.64. The van der Waals surface area contributed by atoms with Crippen molar-refractivity contribution in [1.29, 1.82) is 0 Å². The molecule has 7 nitrogen and oxygen atoms in total. The van der Waals surface area contributed by atoms with Crippen molar-refractivity contribution in [2.45, 2.75) is 57.8 Å². The van der Waals surface area contributed by atoms with E-state index in [4.69, 9.17) is 4.43 Å². The first kappa shape index (κ1) is 29.7. The van der Waals surface area contributed by atoms with Crippen LogP contribution in [0, 0.1) is 11.6 Å². The number of carbonyl (C=O) groups is 1. The minimum atomic E-state index is -1.78. The van der Waals surface area contributed by atoms with Crippen LogP contribution in [0.25, 0.3) is 5.52 Å². The number of nitrogens with zero attached hydrogens (tertiary/aromatic N) is 3. The van der Waals surface area contributed by atoms with Crippen molar-refractivity contribution in [3.63, 3.8) is 0 Å². The molecule has 1 fully saturated rings. The first-order valence-corrected chi connectivity index (χ1v) is 17.3. The molecule has 42 heavy (non-hydrogen) atoms. The molecule has 1 saturated heterocycles. The summed E-state index contributed by atoms with van der Waals surface area (Å²) < 4.78 is 36.4. The number of amides is 1. The molecule has 0 aliphatic carbocycles. The summed E-state index contributed by atoms with van der Waals surface area (Å²) in [5.74, 6) is -1.15. The highest BCUT2D eigenvalue weighted by Crippen LogP contribution is 2.38. The zero-order valence-electron chi connectivity index (χ0n) is 24.9. The van der Waals surface area contributed by atoms with Gasteiger partial charge in [-0.1, -0.05) is 20.8 Å². The van der Waals surface area contributed by atoms with Gasteiger partial charge in [-0.2, -0.15) is 5.10 Å². The number of benzene rings is 2. The van der Waals surface area contributed by atoms with Crippen molar-refractivity contribution in [2.75, 3.05) is 35.2 Å². The fourth-order valence-electron chi connectivity index (χ4n) is 5.08. The average molecular weight is 592 g/mol. The van der Waals surface area contributed by atoms with Crippen LogP contribution in [0.1, 0.15) is 55.6 Å². The lowest BCUT2D eigenvalue weighted by atomic mass is 10.0. The van der Waals surface area contributed by atoms with Crippen LogP contribution in [0.2, 0.25) is 18.1 Å². The highest BCUT2D eigenvalue weighted by Gasteiger charge is 2.36. The topological polar surface area (TPSA) is 70.9 Å². The maximum absolute atomic E-state index is 14.6. The number of anilines is 3. The average Bonchev–Trinajstić information content (AvgIpc) is 3.60. The molecule has 0 bridgehead atoms. The second kappa shape index (κ2) is 11.8. The molecule has 5 rings (SSSR count). The molecule has 1 atom stereocenters. The first-order valence-electron chi connectivity index (χ1n) is 14.4. The Labute approximate surface area is 247 Å².